The summed E-state index contributed by atoms with van der Waals surface area (Å²) in [5.41, 5.74) is 1.35. The third-order valence-electron chi connectivity index (χ3n) is 2.52. The summed E-state index contributed by atoms with van der Waals surface area (Å²) in [5, 5.41) is 0. The lowest BCUT2D eigenvalue weighted by Gasteiger charge is -1.98. The Labute approximate surface area is 96.6 Å². The second kappa shape index (κ2) is 4.01. The Morgan fingerprint density at radius 1 is 1.35 bits per heavy atom. The van der Waals surface area contributed by atoms with Gasteiger partial charge < -0.3 is 4.42 Å². The summed E-state index contributed by atoms with van der Waals surface area (Å²) in [7, 11) is 1.59. The topological polar surface area (TPSA) is 69.3 Å². The van der Waals surface area contributed by atoms with Gasteiger partial charge in [-0.15, -0.1) is 0 Å². The number of oxazole rings is 1. The number of ketones is 2. The third kappa shape index (κ3) is 2.04. The van der Waals surface area contributed by atoms with Crippen LogP contribution >= 0.6 is 0 Å². The van der Waals surface area contributed by atoms with Crippen LogP contribution in [-0.2, 0) is 11.8 Å². The normalized spacial score (nSPS) is 10.7. The molecule has 1 aromatic carbocycles. The summed E-state index contributed by atoms with van der Waals surface area (Å²) < 4.78 is 6.32. The van der Waals surface area contributed by atoms with Crippen molar-refractivity contribution in [3.63, 3.8) is 0 Å². The Kier molecular flexibility index (Phi) is 2.67. The maximum Gasteiger partial charge on any atom is 0.419 e. The van der Waals surface area contributed by atoms with Crippen LogP contribution in [0.2, 0.25) is 0 Å². The smallest absolute Gasteiger partial charge is 0.408 e. The van der Waals surface area contributed by atoms with Crippen molar-refractivity contribution in [3.05, 3.63) is 34.3 Å². The van der Waals surface area contributed by atoms with Gasteiger partial charge >= 0.3 is 5.76 Å². The predicted octanol–water partition coefficient (Wildman–Crippen LogP) is 1.29. The molecule has 17 heavy (non-hydrogen) atoms. The summed E-state index contributed by atoms with van der Waals surface area (Å²) in [4.78, 5) is 33.7. The number of Topliss-reactive ketones (excluding diaryl/α,β-unsaturated/α-hetero) is 2. The lowest BCUT2D eigenvalue weighted by Crippen LogP contribution is -2.08. The second-order valence-electron chi connectivity index (χ2n) is 3.91. The SMILES string of the molecule is CC(=O)CC(=O)c1ccc2c(c1)oc(=O)n2C. The Bertz CT molecular complexity index is 663. The van der Waals surface area contributed by atoms with Crippen molar-refractivity contribution in [2.24, 2.45) is 7.05 Å². The van der Waals surface area contributed by atoms with Crippen LogP contribution in [0.15, 0.2) is 27.4 Å². The molecule has 0 bridgehead atoms. The standard InChI is InChI=1S/C12H11NO4/c1-7(14)5-10(15)8-3-4-9-11(6-8)17-12(16)13(9)2/h3-4,6H,5H2,1-2H3. The van der Waals surface area contributed by atoms with Crippen molar-refractivity contribution in [3.8, 4) is 0 Å². The number of benzene rings is 1. The molecule has 2 aromatic rings. The van der Waals surface area contributed by atoms with Crippen LogP contribution in [0.4, 0.5) is 0 Å². The molecule has 5 heteroatoms. The van der Waals surface area contributed by atoms with E-state index < -0.39 is 5.76 Å². The minimum Gasteiger partial charge on any atom is -0.408 e. The molecule has 1 heterocycles. The Morgan fingerprint density at radius 3 is 2.71 bits per heavy atom. The molecule has 0 aliphatic carbocycles. The molecule has 0 saturated carbocycles. The highest BCUT2D eigenvalue weighted by atomic mass is 16.4. The van der Waals surface area contributed by atoms with Crippen LogP contribution in [0.1, 0.15) is 23.7 Å². The van der Waals surface area contributed by atoms with Gasteiger partial charge in [-0.05, 0) is 25.1 Å². The molecule has 1 aromatic heterocycles. The maximum absolute atomic E-state index is 11.6. The van der Waals surface area contributed by atoms with Gasteiger partial charge in [-0.2, -0.15) is 0 Å². The van der Waals surface area contributed by atoms with Crippen LogP contribution in [0.3, 0.4) is 0 Å². The van der Waals surface area contributed by atoms with Crippen molar-refractivity contribution in [1.82, 2.24) is 4.57 Å². The van der Waals surface area contributed by atoms with Crippen molar-refractivity contribution in [2.75, 3.05) is 0 Å². The fraction of sp³-hybridized carbons (Fsp3) is 0.250. The molecule has 0 aliphatic heterocycles. The van der Waals surface area contributed by atoms with E-state index in [2.05, 4.69) is 0 Å². The van der Waals surface area contributed by atoms with Gasteiger partial charge in [0.1, 0.15) is 5.78 Å². The number of fused-ring (bicyclic) bond motifs is 1. The molecule has 0 fully saturated rings. The van der Waals surface area contributed by atoms with E-state index in [0.29, 0.717) is 16.7 Å². The number of carbonyl (C=O) groups excluding carboxylic acids is 2. The summed E-state index contributed by atoms with van der Waals surface area (Å²) >= 11 is 0. The molecular formula is C12H11NO4. The van der Waals surface area contributed by atoms with Crippen LogP contribution in [0.25, 0.3) is 11.1 Å². The van der Waals surface area contributed by atoms with Crippen LogP contribution in [0, 0.1) is 0 Å². The number of nitrogens with zero attached hydrogens (tertiary/aromatic N) is 1. The first kappa shape index (κ1) is 11.3. The molecule has 0 radical (unpaired) electrons. The zero-order valence-electron chi connectivity index (χ0n) is 9.52. The van der Waals surface area contributed by atoms with E-state index in [1.165, 1.54) is 17.6 Å². The summed E-state index contributed by atoms with van der Waals surface area (Å²) in [6.07, 6.45) is -0.136. The molecule has 0 aliphatic rings. The van der Waals surface area contributed by atoms with E-state index in [4.69, 9.17) is 4.42 Å². The molecule has 2 rings (SSSR count). The van der Waals surface area contributed by atoms with E-state index >= 15 is 0 Å². The number of hydrogen-bond acceptors (Lipinski definition) is 4. The highest BCUT2D eigenvalue weighted by Crippen LogP contribution is 2.15. The molecule has 0 atom stereocenters. The maximum atomic E-state index is 11.6. The molecule has 0 N–H and O–H groups in total. The predicted molar refractivity (Wildman–Crippen MR) is 61.1 cm³/mol. The molecular weight excluding hydrogens is 222 g/mol. The fourth-order valence-corrected chi connectivity index (χ4v) is 1.64. The zero-order chi connectivity index (χ0) is 12.6. The second-order valence-corrected chi connectivity index (χ2v) is 3.91. The van der Waals surface area contributed by atoms with E-state index in [-0.39, 0.29) is 18.0 Å². The highest BCUT2D eigenvalue weighted by molar-refractivity contribution is 6.08. The average Bonchev–Trinajstić information content (AvgIpc) is 2.53. The van der Waals surface area contributed by atoms with Gasteiger partial charge in [0.15, 0.2) is 11.4 Å². The molecule has 0 spiro atoms. The van der Waals surface area contributed by atoms with E-state index in [1.807, 2.05) is 0 Å². The molecule has 0 saturated heterocycles. The summed E-state index contributed by atoms with van der Waals surface area (Å²) in [6.45, 7) is 1.36. The number of carbonyl (C=O) groups is 2. The number of aryl methyl sites for hydroxylation is 1. The molecule has 5 nitrogen and oxygen atoms in total. The van der Waals surface area contributed by atoms with Crippen molar-refractivity contribution in [1.29, 1.82) is 0 Å². The van der Waals surface area contributed by atoms with Gasteiger partial charge in [0.2, 0.25) is 0 Å². The van der Waals surface area contributed by atoms with Gasteiger partial charge in [0.05, 0.1) is 11.9 Å². The quantitative estimate of drug-likeness (QED) is 0.591. The summed E-state index contributed by atoms with van der Waals surface area (Å²) in [6, 6.07) is 4.71. The summed E-state index contributed by atoms with van der Waals surface area (Å²) in [5.74, 6) is -0.938. The van der Waals surface area contributed by atoms with Crippen molar-refractivity contribution < 1.29 is 14.0 Å². The zero-order valence-corrected chi connectivity index (χ0v) is 9.52. The first-order valence-electron chi connectivity index (χ1n) is 5.11. The monoisotopic (exact) mass is 233 g/mol. The van der Waals surface area contributed by atoms with Crippen molar-refractivity contribution >= 4 is 22.7 Å². The van der Waals surface area contributed by atoms with E-state index in [1.54, 1.807) is 19.2 Å². The van der Waals surface area contributed by atoms with Crippen molar-refractivity contribution in [2.45, 2.75) is 13.3 Å². The lowest BCUT2D eigenvalue weighted by molar-refractivity contribution is -0.116. The van der Waals surface area contributed by atoms with E-state index in [0.717, 1.165) is 0 Å². The largest absolute Gasteiger partial charge is 0.419 e. The van der Waals surface area contributed by atoms with Gasteiger partial charge in [-0.3, -0.25) is 14.2 Å². The fourth-order valence-electron chi connectivity index (χ4n) is 1.64. The average molecular weight is 233 g/mol. The van der Waals surface area contributed by atoms with Gasteiger partial charge in [0.25, 0.3) is 0 Å². The first-order chi connectivity index (χ1) is 7.99. The van der Waals surface area contributed by atoms with Crippen LogP contribution < -0.4 is 5.76 Å². The van der Waals surface area contributed by atoms with Crippen LogP contribution in [-0.4, -0.2) is 16.1 Å². The van der Waals surface area contributed by atoms with Gasteiger partial charge in [0, 0.05) is 12.6 Å². The lowest BCUT2D eigenvalue weighted by atomic mass is 10.1. The van der Waals surface area contributed by atoms with Gasteiger partial charge in [-0.1, -0.05) is 0 Å². The van der Waals surface area contributed by atoms with Gasteiger partial charge in [-0.25, -0.2) is 4.79 Å². The third-order valence-corrected chi connectivity index (χ3v) is 2.52. The first-order valence-corrected chi connectivity index (χ1v) is 5.11. The molecule has 0 unspecified atom stereocenters. The number of rotatable bonds is 3. The molecule has 0 amide bonds. The Morgan fingerprint density at radius 2 is 2.06 bits per heavy atom. The van der Waals surface area contributed by atoms with E-state index in [9.17, 15) is 14.4 Å². The Hall–Kier alpha value is -2.17. The minimum absolute atomic E-state index is 0.136. The molecule has 88 valence electrons. The minimum atomic E-state index is -0.476. The Balaban J connectivity index is 2.48. The number of aromatic nitrogens is 1. The number of hydrogen-bond donors (Lipinski definition) is 0. The van der Waals surface area contributed by atoms with Crippen LogP contribution in [0.5, 0.6) is 0 Å². The highest BCUT2D eigenvalue weighted by Gasteiger charge is 2.12.